The van der Waals surface area contributed by atoms with Gasteiger partial charge in [0.05, 0.1) is 12.1 Å². The molecule has 0 aliphatic heterocycles. The van der Waals surface area contributed by atoms with Crippen LogP contribution in [0.5, 0.6) is 0 Å². The van der Waals surface area contributed by atoms with Gasteiger partial charge >= 0.3 is 5.97 Å². The average Bonchev–Trinajstić information content (AvgIpc) is 2.76. The Balaban J connectivity index is 2.52. The van der Waals surface area contributed by atoms with Crippen LogP contribution in [0, 0.1) is 5.82 Å². The van der Waals surface area contributed by atoms with Crippen LogP contribution in [0.3, 0.4) is 0 Å². The highest BCUT2D eigenvalue weighted by Crippen LogP contribution is 2.27. The largest absolute Gasteiger partial charge is 0.465 e. The number of fused-ring (bicyclic) bond motifs is 1. The fraction of sp³-hybridized carbons (Fsp3) is 0.357. The minimum Gasteiger partial charge on any atom is -0.465 e. The average molecular weight is 264 g/mol. The molecule has 0 aliphatic carbocycles. The number of hydrogen-bond acceptors (Lipinski definition) is 3. The SMILES string of the molecule is CCOC(=O)C(N)c1cn(CC)c2cc(F)ccc12. The number of benzene rings is 1. The van der Waals surface area contributed by atoms with Crippen LogP contribution in [-0.2, 0) is 16.1 Å². The molecule has 1 atom stereocenters. The molecule has 1 aromatic carbocycles. The van der Waals surface area contributed by atoms with Crippen LogP contribution in [0.25, 0.3) is 10.9 Å². The summed E-state index contributed by atoms with van der Waals surface area (Å²) < 4.78 is 20.1. The second-order valence-corrected chi connectivity index (χ2v) is 4.26. The minimum absolute atomic E-state index is 0.285. The van der Waals surface area contributed by atoms with E-state index in [0.29, 0.717) is 12.1 Å². The van der Waals surface area contributed by atoms with Gasteiger partial charge in [0.25, 0.3) is 0 Å². The third-order valence-electron chi connectivity index (χ3n) is 3.09. The summed E-state index contributed by atoms with van der Waals surface area (Å²) in [7, 11) is 0. The number of carbonyl (C=O) groups is 1. The number of carbonyl (C=O) groups excluding carboxylic acids is 1. The summed E-state index contributed by atoms with van der Waals surface area (Å²) in [5.41, 5.74) is 7.31. The first-order chi connectivity index (χ1) is 9.08. The predicted octanol–water partition coefficient (Wildman–Crippen LogP) is 2.36. The van der Waals surface area contributed by atoms with Crippen LogP contribution in [0.4, 0.5) is 4.39 Å². The lowest BCUT2D eigenvalue weighted by Gasteiger charge is -2.09. The van der Waals surface area contributed by atoms with E-state index in [1.54, 1.807) is 19.2 Å². The summed E-state index contributed by atoms with van der Waals surface area (Å²) in [5, 5.41) is 0.781. The third-order valence-corrected chi connectivity index (χ3v) is 3.09. The zero-order valence-electron chi connectivity index (χ0n) is 11.0. The van der Waals surface area contributed by atoms with Gasteiger partial charge in [0.2, 0.25) is 0 Å². The maximum absolute atomic E-state index is 13.3. The standard InChI is InChI=1S/C14H17FN2O2/c1-3-17-8-11(13(16)14(18)19-4-2)10-6-5-9(15)7-12(10)17/h5-8,13H,3-4,16H2,1-2H3. The fourth-order valence-electron chi connectivity index (χ4n) is 2.16. The summed E-state index contributed by atoms with van der Waals surface area (Å²) in [6, 6.07) is 3.61. The zero-order valence-corrected chi connectivity index (χ0v) is 11.0. The van der Waals surface area contributed by atoms with E-state index in [2.05, 4.69) is 0 Å². The molecule has 0 radical (unpaired) electrons. The Bertz CT molecular complexity index is 607. The van der Waals surface area contributed by atoms with E-state index in [9.17, 15) is 9.18 Å². The highest BCUT2D eigenvalue weighted by Gasteiger charge is 2.21. The smallest absolute Gasteiger partial charge is 0.327 e. The number of rotatable bonds is 4. The molecule has 102 valence electrons. The summed E-state index contributed by atoms with van der Waals surface area (Å²) >= 11 is 0. The van der Waals surface area contributed by atoms with Gasteiger partial charge in [-0.1, -0.05) is 0 Å². The molecular weight excluding hydrogens is 247 g/mol. The fourth-order valence-corrected chi connectivity index (χ4v) is 2.16. The quantitative estimate of drug-likeness (QED) is 0.862. The van der Waals surface area contributed by atoms with Crippen molar-refractivity contribution in [2.45, 2.75) is 26.4 Å². The van der Waals surface area contributed by atoms with Crippen molar-refractivity contribution in [3.8, 4) is 0 Å². The number of aryl methyl sites for hydroxylation is 1. The van der Waals surface area contributed by atoms with E-state index in [1.165, 1.54) is 12.1 Å². The highest BCUT2D eigenvalue weighted by molar-refractivity contribution is 5.90. The van der Waals surface area contributed by atoms with Crippen LogP contribution in [-0.4, -0.2) is 17.1 Å². The van der Waals surface area contributed by atoms with Gasteiger partial charge in [0, 0.05) is 23.7 Å². The Morgan fingerprint density at radius 2 is 2.21 bits per heavy atom. The molecule has 0 amide bonds. The molecule has 5 heteroatoms. The van der Waals surface area contributed by atoms with Crippen molar-refractivity contribution in [2.24, 2.45) is 5.73 Å². The highest BCUT2D eigenvalue weighted by atomic mass is 19.1. The molecule has 0 bridgehead atoms. The van der Waals surface area contributed by atoms with Gasteiger partial charge in [-0.25, -0.2) is 9.18 Å². The third kappa shape index (κ3) is 2.46. The van der Waals surface area contributed by atoms with Crippen molar-refractivity contribution in [3.63, 3.8) is 0 Å². The van der Waals surface area contributed by atoms with Crippen molar-refractivity contribution in [1.29, 1.82) is 0 Å². The second-order valence-electron chi connectivity index (χ2n) is 4.26. The van der Waals surface area contributed by atoms with Gasteiger partial charge in [-0.2, -0.15) is 0 Å². The van der Waals surface area contributed by atoms with E-state index in [4.69, 9.17) is 10.5 Å². The number of esters is 1. The molecule has 0 saturated carbocycles. The van der Waals surface area contributed by atoms with E-state index in [-0.39, 0.29) is 12.4 Å². The van der Waals surface area contributed by atoms with E-state index < -0.39 is 12.0 Å². The van der Waals surface area contributed by atoms with E-state index in [1.807, 2.05) is 11.5 Å². The lowest BCUT2D eigenvalue weighted by Crippen LogP contribution is -2.23. The van der Waals surface area contributed by atoms with Gasteiger partial charge < -0.3 is 15.0 Å². The van der Waals surface area contributed by atoms with Gasteiger partial charge in [0.1, 0.15) is 11.9 Å². The van der Waals surface area contributed by atoms with Gasteiger partial charge in [-0.3, -0.25) is 0 Å². The Hall–Kier alpha value is -1.88. The molecule has 2 N–H and O–H groups in total. The van der Waals surface area contributed by atoms with Crippen LogP contribution in [0.2, 0.25) is 0 Å². The Morgan fingerprint density at radius 1 is 1.47 bits per heavy atom. The molecule has 4 nitrogen and oxygen atoms in total. The molecule has 0 saturated heterocycles. The predicted molar refractivity (Wildman–Crippen MR) is 71.1 cm³/mol. The lowest BCUT2D eigenvalue weighted by atomic mass is 10.1. The summed E-state index contributed by atoms with van der Waals surface area (Å²) in [6.45, 7) is 4.64. The lowest BCUT2D eigenvalue weighted by molar-refractivity contribution is -0.144. The van der Waals surface area contributed by atoms with Gasteiger partial charge in [0.15, 0.2) is 0 Å². The number of aromatic nitrogens is 1. The minimum atomic E-state index is -0.847. The summed E-state index contributed by atoms with van der Waals surface area (Å²) in [5.74, 6) is -0.779. The molecule has 1 heterocycles. The first-order valence-electron chi connectivity index (χ1n) is 6.29. The van der Waals surface area contributed by atoms with Crippen molar-refractivity contribution >= 4 is 16.9 Å². The van der Waals surface area contributed by atoms with Crippen molar-refractivity contribution in [2.75, 3.05) is 6.61 Å². The van der Waals surface area contributed by atoms with Crippen LogP contribution >= 0.6 is 0 Å². The van der Waals surface area contributed by atoms with Crippen LogP contribution in [0.15, 0.2) is 24.4 Å². The van der Waals surface area contributed by atoms with E-state index >= 15 is 0 Å². The first kappa shape index (κ1) is 13.5. The Kier molecular flexibility index (Phi) is 3.85. The number of ether oxygens (including phenoxy) is 1. The maximum atomic E-state index is 13.3. The molecule has 0 fully saturated rings. The monoisotopic (exact) mass is 264 g/mol. The maximum Gasteiger partial charge on any atom is 0.327 e. The first-order valence-corrected chi connectivity index (χ1v) is 6.29. The van der Waals surface area contributed by atoms with Crippen molar-refractivity contribution < 1.29 is 13.9 Å². The van der Waals surface area contributed by atoms with Gasteiger partial charge in [-0.15, -0.1) is 0 Å². The number of halogens is 1. The Labute approximate surface area is 111 Å². The summed E-state index contributed by atoms with van der Waals surface area (Å²) in [4.78, 5) is 11.7. The molecule has 19 heavy (non-hydrogen) atoms. The second kappa shape index (κ2) is 5.40. The van der Waals surface area contributed by atoms with Crippen molar-refractivity contribution in [3.05, 3.63) is 35.8 Å². The van der Waals surface area contributed by atoms with E-state index in [0.717, 1.165) is 10.9 Å². The molecule has 1 unspecified atom stereocenters. The molecule has 2 rings (SSSR count). The topological polar surface area (TPSA) is 57.2 Å². The van der Waals surface area contributed by atoms with Crippen LogP contribution < -0.4 is 5.73 Å². The molecule has 0 aliphatic rings. The molecule has 1 aromatic heterocycles. The number of nitrogens with two attached hydrogens (primary N) is 1. The van der Waals surface area contributed by atoms with Crippen LogP contribution in [0.1, 0.15) is 25.5 Å². The van der Waals surface area contributed by atoms with Crippen molar-refractivity contribution in [1.82, 2.24) is 4.57 Å². The number of hydrogen-bond donors (Lipinski definition) is 1. The molecule has 0 spiro atoms. The number of nitrogens with zero attached hydrogens (tertiary/aromatic N) is 1. The molecule has 2 aromatic rings. The zero-order chi connectivity index (χ0) is 14.0. The Morgan fingerprint density at radius 3 is 2.84 bits per heavy atom. The normalized spacial score (nSPS) is 12.6. The molecular formula is C14H17FN2O2. The summed E-state index contributed by atoms with van der Waals surface area (Å²) in [6.07, 6.45) is 1.78. The van der Waals surface area contributed by atoms with Gasteiger partial charge in [-0.05, 0) is 32.0 Å².